The Hall–Kier alpha value is -1.35. The van der Waals surface area contributed by atoms with E-state index in [0.29, 0.717) is 6.54 Å². The third kappa shape index (κ3) is 3.66. The minimum absolute atomic E-state index is 0.0562. The molecule has 3 heteroatoms. The summed E-state index contributed by atoms with van der Waals surface area (Å²) in [4.78, 5) is 13.7. The molecule has 1 unspecified atom stereocenters. The van der Waals surface area contributed by atoms with Crippen molar-refractivity contribution >= 4 is 5.91 Å². The number of carbonyl (C=O) groups excluding carboxylic acids is 1. The number of benzene rings is 1. The molecule has 16 heavy (non-hydrogen) atoms. The van der Waals surface area contributed by atoms with E-state index in [-0.39, 0.29) is 11.9 Å². The highest BCUT2D eigenvalue weighted by molar-refractivity contribution is 5.94. The lowest BCUT2D eigenvalue weighted by atomic mass is 10.1. The Kier molecular flexibility index (Phi) is 4.50. The maximum atomic E-state index is 12.0. The molecule has 0 radical (unpaired) electrons. The fourth-order valence-electron chi connectivity index (χ4n) is 1.42. The molecule has 0 aliphatic heterocycles. The summed E-state index contributed by atoms with van der Waals surface area (Å²) >= 11 is 0. The van der Waals surface area contributed by atoms with Crippen LogP contribution in [0, 0.1) is 6.92 Å². The number of amides is 1. The monoisotopic (exact) mass is 220 g/mol. The second kappa shape index (κ2) is 5.66. The first-order chi connectivity index (χ1) is 7.50. The Morgan fingerprint density at radius 1 is 1.38 bits per heavy atom. The molecule has 0 spiro atoms. The fourth-order valence-corrected chi connectivity index (χ4v) is 1.42. The van der Waals surface area contributed by atoms with Crippen LogP contribution in [0.4, 0.5) is 0 Å². The second-order valence-electron chi connectivity index (χ2n) is 4.36. The SMILES string of the molecule is Cc1ccc(C(=O)N(C)CCC(C)N)cc1. The molecule has 0 aromatic heterocycles. The summed E-state index contributed by atoms with van der Waals surface area (Å²) in [5.74, 6) is 0.0562. The summed E-state index contributed by atoms with van der Waals surface area (Å²) in [6.07, 6.45) is 0.827. The van der Waals surface area contributed by atoms with E-state index in [1.54, 1.807) is 4.90 Å². The Morgan fingerprint density at radius 2 is 1.94 bits per heavy atom. The number of hydrogen-bond donors (Lipinski definition) is 1. The average Bonchev–Trinajstić information content (AvgIpc) is 2.26. The summed E-state index contributed by atoms with van der Waals surface area (Å²) in [5.41, 5.74) is 7.56. The van der Waals surface area contributed by atoms with E-state index in [1.807, 2.05) is 45.2 Å². The van der Waals surface area contributed by atoms with Crippen LogP contribution in [0.15, 0.2) is 24.3 Å². The van der Waals surface area contributed by atoms with Crippen molar-refractivity contribution in [3.63, 3.8) is 0 Å². The first kappa shape index (κ1) is 12.7. The van der Waals surface area contributed by atoms with Crippen molar-refractivity contribution < 1.29 is 4.79 Å². The number of rotatable bonds is 4. The lowest BCUT2D eigenvalue weighted by Crippen LogP contribution is -2.31. The Labute approximate surface area is 97.2 Å². The van der Waals surface area contributed by atoms with Gasteiger partial charge in [0, 0.05) is 25.2 Å². The minimum atomic E-state index is 0.0562. The van der Waals surface area contributed by atoms with Crippen LogP contribution in [0.2, 0.25) is 0 Å². The smallest absolute Gasteiger partial charge is 0.253 e. The molecule has 1 amide bonds. The van der Waals surface area contributed by atoms with Crippen molar-refractivity contribution in [2.24, 2.45) is 5.73 Å². The molecule has 0 aliphatic carbocycles. The minimum Gasteiger partial charge on any atom is -0.342 e. The zero-order valence-electron chi connectivity index (χ0n) is 10.2. The molecule has 1 rings (SSSR count). The van der Waals surface area contributed by atoms with Crippen LogP contribution in [0.3, 0.4) is 0 Å². The first-order valence-corrected chi connectivity index (χ1v) is 5.58. The topological polar surface area (TPSA) is 46.3 Å². The molecule has 0 aliphatic rings. The summed E-state index contributed by atoms with van der Waals surface area (Å²) in [6, 6.07) is 7.76. The molecule has 1 atom stereocenters. The van der Waals surface area contributed by atoms with Crippen molar-refractivity contribution in [2.45, 2.75) is 26.3 Å². The van der Waals surface area contributed by atoms with Crippen molar-refractivity contribution in [3.05, 3.63) is 35.4 Å². The van der Waals surface area contributed by atoms with Crippen molar-refractivity contribution in [2.75, 3.05) is 13.6 Å². The largest absolute Gasteiger partial charge is 0.342 e. The molecular formula is C13H20N2O. The van der Waals surface area contributed by atoms with Crippen LogP contribution in [0.1, 0.15) is 29.3 Å². The van der Waals surface area contributed by atoms with Gasteiger partial charge in [0.15, 0.2) is 0 Å². The molecule has 0 bridgehead atoms. The molecule has 0 saturated carbocycles. The standard InChI is InChI=1S/C13H20N2O/c1-10-4-6-12(7-5-10)13(16)15(3)9-8-11(2)14/h4-7,11H,8-9,14H2,1-3H3. The summed E-state index contributed by atoms with van der Waals surface area (Å²) in [5, 5.41) is 0. The van der Waals surface area contributed by atoms with Crippen LogP contribution >= 0.6 is 0 Å². The van der Waals surface area contributed by atoms with Gasteiger partial charge in [-0.25, -0.2) is 0 Å². The van der Waals surface area contributed by atoms with Crippen molar-refractivity contribution in [1.29, 1.82) is 0 Å². The van der Waals surface area contributed by atoms with Gasteiger partial charge in [-0.1, -0.05) is 17.7 Å². The molecule has 2 N–H and O–H groups in total. The number of nitrogens with zero attached hydrogens (tertiary/aromatic N) is 1. The molecule has 0 fully saturated rings. The quantitative estimate of drug-likeness (QED) is 0.841. The highest BCUT2D eigenvalue weighted by atomic mass is 16.2. The molecule has 88 valence electrons. The Morgan fingerprint density at radius 3 is 2.44 bits per heavy atom. The normalized spacial score (nSPS) is 12.2. The maximum absolute atomic E-state index is 12.0. The van der Waals surface area contributed by atoms with Gasteiger partial charge in [-0.3, -0.25) is 4.79 Å². The van der Waals surface area contributed by atoms with E-state index >= 15 is 0 Å². The van der Waals surface area contributed by atoms with Crippen LogP contribution in [0.5, 0.6) is 0 Å². The van der Waals surface area contributed by atoms with Gasteiger partial charge < -0.3 is 10.6 Å². The second-order valence-corrected chi connectivity index (χ2v) is 4.36. The van der Waals surface area contributed by atoms with E-state index in [2.05, 4.69) is 0 Å². The van der Waals surface area contributed by atoms with Crippen molar-refractivity contribution in [3.8, 4) is 0 Å². The van der Waals surface area contributed by atoms with Gasteiger partial charge >= 0.3 is 0 Å². The molecule has 0 saturated heterocycles. The number of hydrogen-bond acceptors (Lipinski definition) is 2. The van der Waals surface area contributed by atoms with Crippen LogP contribution in [-0.4, -0.2) is 30.4 Å². The molecule has 0 heterocycles. The molecule has 1 aromatic carbocycles. The molecule has 1 aromatic rings. The van der Waals surface area contributed by atoms with Crippen LogP contribution in [-0.2, 0) is 0 Å². The lowest BCUT2D eigenvalue weighted by Gasteiger charge is -2.18. The molecular weight excluding hydrogens is 200 g/mol. The van der Waals surface area contributed by atoms with E-state index in [1.165, 1.54) is 0 Å². The van der Waals surface area contributed by atoms with Gasteiger partial charge in [0.2, 0.25) is 0 Å². The van der Waals surface area contributed by atoms with Gasteiger partial charge in [0.05, 0.1) is 0 Å². The Balaban J connectivity index is 2.60. The van der Waals surface area contributed by atoms with E-state index < -0.39 is 0 Å². The third-order valence-electron chi connectivity index (χ3n) is 2.57. The van der Waals surface area contributed by atoms with E-state index in [4.69, 9.17) is 5.73 Å². The first-order valence-electron chi connectivity index (χ1n) is 5.58. The zero-order valence-corrected chi connectivity index (χ0v) is 10.2. The highest BCUT2D eigenvalue weighted by Gasteiger charge is 2.11. The van der Waals surface area contributed by atoms with Crippen LogP contribution < -0.4 is 5.73 Å². The number of carbonyl (C=O) groups is 1. The number of aryl methyl sites for hydroxylation is 1. The van der Waals surface area contributed by atoms with Gasteiger partial charge in [0.1, 0.15) is 0 Å². The Bertz CT molecular complexity index is 343. The van der Waals surface area contributed by atoms with Gasteiger partial charge in [-0.15, -0.1) is 0 Å². The number of nitrogens with two attached hydrogens (primary N) is 1. The summed E-state index contributed by atoms with van der Waals surface area (Å²) in [6.45, 7) is 4.66. The predicted molar refractivity (Wildman–Crippen MR) is 66.4 cm³/mol. The van der Waals surface area contributed by atoms with Gasteiger partial charge in [0.25, 0.3) is 5.91 Å². The van der Waals surface area contributed by atoms with Crippen LogP contribution in [0.25, 0.3) is 0 Å². The highest BCUT2D eigenvalue weighted by Crippen LogP contribution is 2.06. The fraction of sp³-hybridized carbons (Fsp3) is 0.462. The zero-order chi connectivity index (χ0) is 12.1. The average molecular weight is 220 g/mol. The third-order valence-corrected chi connectivity index (χ3v) is 2.57. The maximum Gasteiger partial charge on any atom is 0.253 e. The van der Waals surface area contributed by atoms with Gasteiger partial charge in [-0.05, 0) is 32.4 Å². The van der Waals surface area contributed by atoms with Crippen molar-refractivity contribution in [1.82, 2.24) is 4.90 Å². The summed E-state index contributed by atoms with van der Waals surface area (Å²) in [7, 11) is 1.81. The van der Waals surface area contributed by atoms with E-state index in [9.17, 15) is 4.79 Å². The lowest BCUT2D eigenvalue weighted by molar-refractivity contribution is 0.0792. The van der Waals surface area contributed by atoms with E-state index in [0.717, 1.165) is 17.5 Å². The predicted octanol–water partition coefficient (Wildman–Crippen LogP) is 1.80. The summed E-state index contributed by atoms with van der Waals surface area (Å²) < 4.78 is 0. The van der Waals surface area contributed by atoms with Gasteiger partial charge in [-0.2, -0.15) is 0 Å². The molecule has 3 nitrogen and oxygen atoms in total.